The highest BCUT2D eigenvalue weighted by Gasteiger charge is 2.20. The lowest BCUT2D eigenvalue weighted by Gasteiger charge is -2.09. The molecule has 0 aliphatic rings. The standard InChI is InChI=1S/C20H14N2O6S/c1-29(26,27)13-7-9-19(18(11-13)22(24)25)28-12-6-8-17-15(10-12)20(23)14-4-2-3-5-16(14)21-17/h2-11H,1H3,(H,21,23). The van der Waals surface area contributed by atoms with Crippen LogP contribution in [0, 0.1) is 10.1 Å². The van der Waals surface area contributed by atoms with Crippen molar-refractivity contribution >= 4 is 37.3 Å². The third-order valence-electron chi connectivity index (χ3n) is 4.46. The van der Waals surface area contributed by atoms with Gasteiger partial charge in [-0.15, -0.1) is 0 Å². The Morgan fingerprint density at radius 2 is 1.69 bits per heavy atom. The summed E-state index contributed by atoms with van der Waals surface area (Å²) in [6.45, 7) is 0. The smallest absolute Gasteiger partial charge is 0.312 e. The van der Waals surface area contributed by atoms with Gasteiger partial charge < -0.3 is 9.72 Å². The first-order valence-corrected chi connectivity index (χ1v) is 10.3. The van der Waals surface area contributed by atoms with Crippen molar-refractivity contribution in [2.24, 2.45) is 0 Å². The van der Waals surface area contributed by atoms with Crippen molar-refractivity contribution in [2.75, 3.05) is 6.26 Å². The van der Waals surface area contributed by atoms with Gasteiger partial charge in [0.15, 0.2) is 15.3 Å². The highest BCUT2D eigenvalue weighted by molar-refractivity contribution is 7.90. The van der Waals surface area contributed by atoms with Gasteiger partial charge in [-0.25, -0.2) is 8.42 Å². The van der Waals surface area contributed by atoms with Crippen LogP contribution in [-0.4, -0.2) is 24.6 Å². The van der Waals surface area contributed by atoms with Crippen LogP contribution in [0.4, 0.5) is 5.69 Å². The minimum absolute atomic E-state index is 0.126. The fraction of sp³-hybridized carbons (Fsp3) is 0.0500. The summed E-state index contributed by atoms with van der Waals surface area (Å²) in [7, 11) is -3.61. The number of benzene rings is 3. The normalized spacial score (nSPS) is 11.6. The van der Waals surface area contributed by atoms with E-state index in [0.717, 1.165) is 12.3 Å². The Kier molecular flexibility index (Phi) is 4.31. The molecular weight excluding hydrogens is 396 g/mol. The van der Waals surface area contributed by atoms with Crippen molar-refractivity contribution in [1.82, 2.24) is 4.98 Å². The molecule has 29 heavy (non-hydrogen) atoms. The molecule has 0 amide bonds. The average Bonchev–Trinajstić information content (AvgIpc) is 2.68. The number of aromatic nitrogens is 1. The molecular formula is C20H14N2O6S. The lowest BCUT2D eigenvalue weighted by Crippen LogP contribution is -2.04. The molecule has 0 atom stereocenters. The van der Waals surface area contributed by atoms with Gasteiger partial charge in [-0.3, -0.25) is 14.9 Å². The highest BCUT2D eigenvalue weighted by Crippen LogP contribution is 2.34. The predicted octanol–water partition coefficient (Wildman–Crippen LogP) is 3.79. The van der Waals surface area contributed by atoms with E-state index in [1.54, 1.807) is 30.3 Å². The number of nitrogens with one attached hydrogen (secondary N) is 1. The quantitative estimate of drug-likeness (QED) is 0.311. The van der Waals surface area contributed by atoms with Gasteiger partial charge in [0.2, 0.25) is 5.75 Å². The maximum absolute atomic E-state index is 12.8. The first-order chi connectivity index (χ1) is 13.7. The fourth-order valence-corrected chi connectivity index (χ4v) is 3.69. The zero-order valence-corrected chi connectivity index (χ0v) is 15.9. The molecule has 0 radical (unpaired) electrons. The number of ether oxygens (including phenoxy) is 1. The van der Waals surface area contributed by atoms with Gasteiger partial charge in [0.25, 0.3) is 0 Å². The molecule has 1 heterocycles. The van der Waals surface area contributed by atoms with E-state index in [-0.39, 0.29) is 21.8 Å². The summed E-state index contributed by atoms with van der Waals surface area (Å²) in [6.07, 6.45) is 0.965. The maximum Gasteiger partial charge on any atom is 0.312 e. The fourth-order valence-electron chi connectivity index (χ4n) is 3.05. The summed E-state index contributed by atoms with van der Waals surface area (Å²) < 4.78 is 29.0. The van der Waals surface area contributed by atoms with Gasteiger partial charge in [0.1, 0.15) is 5.75 Å². The van der Waals surface area contributed by atoms with Gasteiger partial charge in [0, 0.05) is 28.6 Å². The van der Waals surface area contributed by atoms with Crippen molar-refractivity contribution < 1.29 is 18.1 Å². The molecule has 9 heteroatoms. The summed E-state index contributed by atoms with van der Waals surface area (Å²) in [5.41, 5.74) is 0.621. The molecule has 0 aliphatic carbocycles. The van der Waals surface area contributed by atoms with Crippen molar-refractivity contribution in [3.05, 3.63) is 81.0 Å². The van der Waals surface area contributed by atoms with Crippen molar-refractivity contribution in [2.45, 2.75) is 4.90 Å². The van der Waals surface area contributed by atoms with Gasteiger partial charge in [0.05, 0.1) is 15.3 Å². The number of nitrogens with zero attached hydrogens (tertiary/aromatic N) is 1. The largest absolute Gasteiger partial charge is 0.450 e. The second-order valence-electron chi connectivity index (χ2n) is 6.47. The van der Waals surface area contributed by atoms with Crippen molar-refractivity contribution in [3.63, 3.8) is 0 Å². The molecule has 0 aliphatic heterocycles. The molecule has 0 saturated carbocycles. The SMILES string of the molecule is CS(=O)(=O)c1ccc(Oc2ccc3[nH]c4ccccc4c(=O)c3c2)c([N+](=O)[O-])c1. The zero-order chi connectivity index (χ0) is 20.8. The Balaban J connectivity index is 1.82. The molecule has 146 valence electrons. The molecule has 0 spiro atoms. The van der Waals surface area contributed by atoms with E-state index in [2.05, 4.69) is 4.98 Å². The number of fused-ring (bicyclic) bond motifs is 2. The van der Waals surface area contributed by atoms with Crippen LogP contribution in [0.5, 0.6) is 11.5 Å². The van der Waals surface area contributed by atoms with E-state index in [4.69, 9.17) is 4.74 Å². The van der Waals surface area contributed by atoms with Crippen molar-refractivity contribution in [1.29, 1.82) is 0 Å². The molecule has 0 unspecified atom stereocenters. The molecule has 0 fully saturated rings. The van der Waals surface area contributed by atoms with E-state index < -0.39 is 20.4 Å². The summed E-state index contributed by atoms with van der Waals surface area (Å²) in [6, 6.07) is 15.2. The van der Waals surface area contributed by atoms with E-state index >= 15 is 0 Å². The van der Waals surface area contributed by atoms with Crippen LogP contribution in [0.15, 0.2) is 70.4 Å². The number of hydrogen-bond donors (Lipinski definition) is 1. The lowest BCUT2D eigenvalue weighted by molar-refractivity contribution is -0.385. The van der Waals surface area contributed by atoms with Crippen molar-refractivity contribution in [3.8, 4) is 11.5 Å². The Morgan fingerprint density at radius 3 is 2.41 bits per heavy atom. The van der Waals surface area contributed by atoms with Crippen LogP contribution in [0.2, 0.25) is 0 Å². The monoisotopic (exact) mass is 410 g/mol. The number of hydrogen-bond acceptors (Lipinski definition) is 6. The number of nitro benzene ring substituents is 1. The summed E-state index contributed by atoms with van der Waals surface area (Å²) in [5, 5.41) is 12.3. The second-order valence-corrected chi connectivity index (χ2v) is 8.48. The molecule has 3 aromatic carbocycles. The number of rotatable bonds is 4. The topological polar surface area (TPSA) is 119 Å². The van der Waals surface area contributed by atoms with Crippen LogP contribution in [0.25, 0.3) is 21.8 Å². The number of H-pyrrole nitrogens is 1. The Morgan fingerprint density at radius 1 is 0.966 bits per heavy atom. The third kappa shape index (κ3) is 3.43. The number of pyridine rings is 1. The molecule has 0 bridgehead atoms. The van der Waals surface area contributed by atoms with Gasteiger partial charge in [-0.1, -0.05) is 12.1 Å². The molecule has 1 aromatic heterocycles. The van der Waals surface area contributed by atoms with Gasteiger partial charge in [-0.2, -0.15) is 0 Å². The van der Waals surface area contributed by atoms with Gasteiger partial charge >= 0.3 is 5.69 Å². The highest BCUT2D eigenvalue weighted by atomic mass is 32.2. The Hall–Kier alpha value is -3.72. The lowest BCUT2D eigenvalue weighted by atomic mass is 10.1. The van der Waals surface area contributed by atoms with Crippen LogP contribution in [0.1, 0.15) is 0 Å². The number of sulfone groups is 1. The minimum atomic E-state index is -3.61. The second kappa shape index (κ2) is 6.71. The number of para-hydroxylation sites is 1. The van der Waals surface area contributed by atoms with Crippen LogP contribution >= 0.6 is 0 Å². The molecule has 4 rings (SSSR count). The van der Waals surface area contributed by atoms with Crippen LogP contribution < -0.4 is 10.2 Å². The molecule has 8 nitrogen and oxygen atoms in total. The molecule has 1 N–H and O–H groups in total. The molecule has 0 saturated heterocycles. The van der Waals surface area contributed by atoms with Crippen LogP contribution in [0.3, 0.4) is 0 Å². The number of nitro groups is 1. The summed E-state index contributed by atoms with van der Waals surface area (Å²) in [4.78, 5) is 26.4. The van der Waals surface area contributed by atoms with E-state index in [1.165, 1.54) is 18.2 Å². The average molecular weight is 410 g/mol. The summed E-state index contributed by atoms with van der Waals surface area (Å²) >= 11 is 0. The predicted molar refractivity (Wildman–Crippen MR) is 108 cm³/mol. The zero-order valence-electron chi connectivity index (χ0n) is 15.1. The van der Waals surface area contributed by atoms with E-state index in [0.29, 0.717) is 21.8 Å². The molecule has 4 aromatic rings. The van der Waals surface area contributed by atoms with E-state index in [9.17, 15) is 23.3 Å². The van der Waals surface area contributed by atoms with E-state index in [1.807, 2.05) is 6.07 Å². The summed E-state index contributed by atoms with van der Waals surface area (Å²) in [5.74, 6) is 0.0902. The Bertz CT molecular complexity index is 1460. The van der Waals surface area contributed by atoms with Gasteiger partial charge in [-0.05, 0) is 42.5 Å². The number of aromatic amines is 1. The minimum Gasteiger partial charge on any atom is -0.450 e. The maximum atomic E-state index is 12.8. The first-order valence-electron chi connectivity index (χ1n) is 8.45. The Labute approximate surface area is 164 Å². The first kappa shape index (κ1) is 18.6. The van der Waals surface area contributed by atoms with Crippen LogP contribution in [-0.2, 0) is 9.84 Å². The third-order valence-corrected chi connectivity index (χ3v) is 5.57.